The van der Waals surface area contributed by atoms with Crippen LogP contribution in [0, 0.1) is 0 Å². The van der Waals surface area contributed by atoms with Crippen molar-refractivity contribution in [2.75, 3.05) is 31.6 Å². The Balaban J connectivity index is 1.26. The molecule has 1 aromatic heterocycles. The average Bonchev–Trinajstić information content (AvgIpc) is 3.22. The van der Waals surface area contributed by atoms with Crippen molar-refractivity contribution in [3.8, 4) is 28.6 Å². The Morgan fingerprint density at radius 1 is 0.878 bits per heavy atom. The topological polar surface area (TPSA) is 73.8 Å². The highest BCUT2D eigenvalue weighted by molar-refractivity contribution is 6.01. The molecule has 0 radical (unpaired) electrons. The zero-order valence-electron chi connectivity index (χ0n) is 23.2. The van der Waals surface area contributed by atoms with Gasteiger partial charge in [0.1, 0.15) is 17.3 Å². The number of piperazine rings is 1. The SMILES string of the molecule is CN1CCc2ccc(Oc3nc(N4[C@@H]5CC[C@H]4CNC5)c4ccc(-c5cc(O)cc6ccccc56)cc4n3)cc2C1. The fraction of sp³-hybridized carbons (Fsp3) is 0.294. The van der Waals surface area contributed by atoms with Gasteiger partial charge < -0.3 is 25.0 Å². The van der Waals surface area contributed by atoms with Crippen LogP contribution in [0.4, 0.5) is 5.82 Å². The monoisotopic (exact) mass is 543 g/mol. The predicted molar refractivity (Wildman–Crippen MR) is 163 cm³/mol. The molecule has 0 unspecified atom stereocenters. The highest BCUT2D eigenvalue weighted by atomic mass is 16.5. The van der Waals surface area contributed by atoms with Gasteiger partial charge in [-0.3, -0.25) is 0 Å². The van der Waals surface area contributed by atoms with Gasteiger partial charge in [-0.2, -0.15) is 9.97 Å². The molecule has 206 valence electrons. The Kier molecular flexibility index (Phi) is 5.83. The normalized spacial score (nSPS) is 20.5. The summed E-state index contributed by atoms with van der Waals surface area (Å²) in [4.78, 5) is 14.9. The number of aromatic hydroxyl groups is 1. The van der Waals surface area contributed by atoms with Gasteiger partial charge in [-0.05, 0) is 95.7 Å². The van der Waals surface area contributed by atoms with Crippen LogP contribution in [0.1, 0.15) is 24.0 Å². The number of hydrogen-bond acceptors (Lipinski definition) is 7. The molecule has 2 bridgehead atoms. The lowest BCUT2D eigenvalue weighted by molar-refractivity contribution is 0.312. The summed E-state index contributed by atoms with van der Waals surface area (Å²) in [5.74, 6) is 1.97. The van der Waals surface area contributed by atoms with Gasteiger partial charge in [0.05, 0.1) is 5.52 Å². The highest BCUT2D eigenvalue weighted by Crippen LogP contribution is 2.40. The van der Waals surface area contributed by atoms with Crippen LogP contribution in [0.25, 0.3) is 32.8 Å². The Labute approximate surface area is 239 Å². The minimum atomic E-state index is 0.252. The molecule has 2 atom stereocenters. The Morgan fingerprint density at radius 3 is 2.61 bits per heavy atom. The van der Waals surface area contributed by atoms with Crippen molar-refractivity contribution in [1.82, 2.24) is 20.2 Å². The molecule has 4 heterocycles. The quantitative estimate of drug-likeness (QED) is 0.293. The summed E-state index contributed by atoms with van der Waals surface area (Å²) < 4.78 is 6.42. The summed E-state index contributed by atoms with van der Waals surface area (Å²) in [7, 11) is 2.16. The largest absolute Gasteiger partial charge is 0.508 e. The molecule has 2 N–H and O–H groups in total. The molecular formula is C34H33N5O2. The molecule has 8 rings (SSSR count). The van der Waals surface area contributed by atoms with E-state index in [0.29, 0.717) is 18.1 Å². The fourth-order valence-electron chi connectivity index (χ4n) is 7.00. The summed E-state index contributed by atoms with van der Waals surface area (Å²) >= 11 is 0. The van der Waals surface area contributed by atoms with E-state index in [0.717, 1.165) is 89.8 Å². The van der Waals surface area contributed by atoms with Crippen molar-refractivity contribution in [2.24, 2.45) is 0 Å². The second-order valence-electron chi connectivity index (χ2n) is 11.7. The molecule has 2 fully saturated rings. The first-order chi connectivity index (χ1) is 20.1. The Morgan fingerprint density at radius 2 is 1.73 bits per heavy atom. The van der Waals surface area contributed by atoms with Crippen LogP contribution >= 0.6 is 0 Å². The first kappa shape index (κ1) is 24.6. The number of ether oxygens (including phenoxy) is 1. The van der Waals surface area contributed by atoms with Crippen LogP contribution in [-0.2, 0) is 13.0 Å². The molecule has 0 amide bonds. The molecule has 3 aliphatic heterocycles. The van der Waals surface area contributed by atoms with Gasteiger partial charge in [0, 0.05) is 43.6 Å². The lowest BCUT2D eigenvalue weighted by atomic mass is 9.97. The number of rotatable bonds is 4. The number of nitrogens with zero attached hydrogens (tertiary/aromatic N) is 4. The van der Waals surface area contributed by atoms with Gasteiger partial charge in [-0.1, -0.05) is 36.4 Å². The average molecular weight is 544 g/mol. The minimum Gasteiger partial charge on any atom is -0.508 e. The van der Waals surface area contributed by atoms with Gasteiger partial charge in [0.25, 0.3) is 0 Å². The Bertz CT molecular complexity index is 1790. The molecule has 2 saturated heterocycles. The maximum atomic E-state index is 10.5. The zero-order chi connectivity index (χ0) is 27.5. The van der Waals surface area contributed by atoms with Crippen LogP contribution < -0.4 is 15.0 Å². The van der Waals surface area contributed by atoms with Crippen molar-refractivity contribution in [3.05, 3.63) is 83.9 Å². The third-order valence-corrected chi connectivity index (χ3v) is 9.03. The smallest absolute Gasteiger partial charge is 0.324 e. The number of anilines is 1. The molecule has 5 aromatic rings. The van der Waals surface area contributed by atoms with Gasteiger partial charge >= 0.3 is 6.01 Å². The molecule has 7 heteroatoms. The van der Waals surface area contributed by atoms with Crippen molar-refractivity contribution < 1.29 is 9.84 Å². The van der Waals surface area contributed by atoms with Gasteiger partial charge in [0.15, 0.2) is 0 Å². The molecule has 7 nitrogen and oxygen atoms in total. The maximum absolute atomic E-state index is 10.5. The van der Waals surface area contributed by atoms with Gasteiger partial charge in [-0.25, -0.2) is 0 Å². The third kappa shape index (κ3) is 4.36. The fourth-order valence-corrected chi connectivity index (χ4v) is 7.00. The van der Waals surface area contributed by atoms with Gasteiger partial charge in [-0.15, -0.1) is 0 Å². The highest BCUT2D eigenvalue weighted by Gasteiger charge is 2.38. The van der Waals surface area contributed by atoms with E-state index < -0.39 is 0 Å². The number of phenolic OH excluding ortho intramolecular Hbond substituents is 1. The van der Waals surface area contributed by atoms with E-state index in [4.69, 9.17) is 14.7 Å². The number of likely N-dealkylation sites (N-methyl/N-ethyl adjacent to an activating group) is 1. The van der Waals surface area contributed by atoms with E-state index >= 15 is 0 Å². The summed E-state index contributed by atoms with van der Waals surface area (Å²) in [5.41, 5.74) is 5.50. The van der Waals surface area contributed by atoms with Crippen LogP contribution in [0.15, 0.2) is 72.8 Å². The molecule has 4 aromatic carbocycles. The lowest BCUT2D eigenvalue weighted by Crippen LogP contribution is -2.52. The molecule has 0 spiro atoms. The summed E-state index contributed by atoms with van der Waals surface area (Å²) in [6.07, 6.45) is 3.37. The van der Waals surface area contributed by atoms with E-state index in [9.17, 15) is 5.11 Å². The van der Waals surface area contributed by atoms with Crippen molar-refractivity contribution >= 4 is 27.5 Å². The van der Waals surface area contributed by atoms with Crippen molar-refractivity contribution in [2.45, 2.75) is 37.9 Å². The third-order valence-electron chi connectivity index (χ3n) is 9.03. The van der Waals surface area contributed by atoms with Crippen molar-refractivity contribution in [1.29, 1.82) is 0 Å². The molecule has 3 aliphatic rings. The van der Waals surface area contributed by atoms with Crippen LogP contribution in [-0.4, -0.2) is 58.7 Å². The second kappa shape index (κ2) is 9.72. The van der Waals surface area contributed by atoms with Crippen LogP contribution in [0.2, 0.25) is 0 Å². The minimum absolute atomic E-state index is 0.252. The summed E-state index contributed by atoms with van der Waals surface area (Å²) in [6.45, 7) is 3.92. The molecular weight excluding hydrogens is 510 g/mol. The number of nitrogens with one attached hydrogen (secondary N) is 1. The molecule has 41 heavy (non-hydrogen) atoms. The predicted octanol–water partition coefficient (Wildman–Crippen LogP) is 5.88. The number of benzene rings is 4. The van der Waals surface area contributed by atoms with E-state index in [-0.39, 0.29) is 5.75 Å². The first-order valence-corrected chi connectivity index (χ1v) is 14.6. The van der Waals surface area contributed by atoms with E-state index in [2.05, 4.69) is 58.6 Å². The van der Waals surface area contributed by atoms with E-state index in [1.165, 1.54) is 11.1 Å². The Hall–Kier alpha value is -4.20. The first-order valence-electron chi connectivity index (χ1n) is 14.6. The van der Waals surface area contributed by atoms with Gasteiger partial charge in [0.2, 0.25) is 0 Å². The van der Waals surface area contributed by atoms with Crippen LogP contribution in [0.5, 0.6) is 17.5 Å². The van der Waals surface area contributed by atoms with Crippen molar-refractivity contribution in [3.63, 3.8) is 0 Å². The number of fused-ring (bicyclic) bond motifs is 5. The molecule has 0 aliphatic carbocycles. The van der Waals surface area contributed by atoms with E-state index in [1.54, 1.807) is 0 Å². The standard InChI is InChI=1S/C34H33N5O2/c1-38-13-12-21-6-10-28(15-24(21)20-38)41-34-36-32-16-23(31-17-27(40)14-22-4-2-3-5-29(22)31)7-11-30(32)33(37-34)39-25-8-9-26(39)19-35-18-25/h2-7,10-11,14-17,25-26,35,40H,8-9,12-13,18-20H2,1H3/t25-,26+. The number of phenols is 1. The second-order valence-corrected chi connectivity index (χ2v) is 11.7. The number of hydrogen-bond donors (Lipinski definition) is 2. The van der Waals surface area contributed by atoms with E-state index in [1.807, 2.05) is 36.4 Å². The molecule has 0 saturated carbocycles. The number of aromatic nitrogens is 2. The lowest BCUT2D eigenvalue weighted by Gasteiger charge is -2.36. The van der Waals surface area contributed by atoms with Crippen LogP contribution in [0.3, 0.4) is 0 Å². The maximum Gasteiger partial charge on any atom is 0.324 e. The summed E-state index contributed by atoms with van der Waals surface area (Å²) in [5, 5.41) is 17.2. The zero-order valence-corrected chi connectivity index (χ0v) is 23.2. The summed E-state index contributed by atoms with van der Waals surface area (Å²) in [6, 6.07) is 25.7.